The van der Waals surface area contributed by atoms with Crippen LogP contribution in [-0.2, 0) is 16.0 Å². The summed E-state index contributed by atoms with van der Waals surface area (Å²) in [5.74, 6) is 0.243. The minimum atomic E-state index is -0.946. The lowest BCUT2D eigenvalue weighted by Crippen LogP contribution is -2.24. The van der Waals surface area contributed by atoms with Crippen LogP contribution in [0, 0.1) is 0 Å². The molecule has 0 fully saturated rings. The van der Waals surface area contributed by atoms with Crippen LogP contribution in [-0.4, -0.2) is 30.6 Å². The summed E-state index contributed by atoms with van der Waals surface area (Å²) < 4.78 is 15.7. The molecule has 1 heterocycles. The van der Waals surface area contributed by atoms with Crippen molar-refractivity contribution in [1.29, 1.82) is 0 Å². The molecule has 5 heteroatoms. The van der Waals surface area contributed by atoms with Crippen LogP contribution in [0.15, 0.2) is 18.2 Å². The monoisotopic (exact) mass is 238 g/mol. The summed E-state index contributed by atoms with van der Waals surface area (Å²) in [6, 6.07) is 5.29. The summed E-state index contributed by atoms with van der Waals surface area (Å²) in [5, 5.41) is 8.85. The molecular weight excluding hydrogens is 224 g/mol. The van der Waals surface area contributed by atoms with Crippen LogP contribution in [0.2, 0.25) is 0 Å². The van der Waals surface area contributed by atoms with E-state index in [1.165, 1.54) is 0 Å². The number of carboxylic acid groups (broad SMARTS) is 1. The van der Waals surface area contributed by atoms with Gasteiger partial charge in [0, 0.05) is 19.1 Å². The molecule has 0 amide bonds. The first-order valence-corrected chi connectivity index (χ1v) is 5.43. The summed E-state index contributed by atoms with van der Waals surface area (Å²) in [5.41, 5.74) is 0.890. The van der Waals surface area contributed by atoms with E-state index in [-0.39, 0.29) is 6.79 Å². The van der Waals surface area contributed by atoms with Gasteiger partial charge >= 0.3 is 5.97 Å². The Morgan fingerprint density at radius 3 is 3.12 bits per heavy atom. The van der Waals surface area contributed by atoms with Crippen molar-refractivity contribution in [3.05, 3.63) is 23.8 Å². The van der Waals surface area contributed by atoms with Gasteiger partial charge in [0.1, 0.15) is 11.5 Å². The molecular formula is C12H14O5. The van der Waals surface area contributed by atoms with E-state index in [1.54, 1.807) is 12.1 Å². The number of benzene rings is 1. The van der Waals surface area contributed by atoms with Crippen molar-refractivity contribution in [2.45, 2.75) is 19.4 Å². The molecule has 17 heavy (non-hydrogen) atoms. The Hall–Kier alpha value is -1.75. The first-order chi connectivity index (χ1) is 8.20. The smallest absolute Gasteiger partial charge is 0.345 e. The number of carbonyl (C=O) groups is 1. The molecule has 0 saturated heterocycles. The summed E-state index contributed by atoms with van der Waals surface area (Å²) in [7, 11) is 0. The quantitative estimate of drug-likeness (QED) is 0.621. The lowest BCUT2D eigenvalue weighted by Gasteiger charge is -2.07. The molecule has 1 N–H and O–H groups in total. The van der Waals surface area contributed by atoms with E-state index in [9.17, 15) is 4.79 Å². The Morgan fingerprint density at radius 1 is 1.59 bits per heavy atom. The van der Waals surface area contributed by atoms with E-state index in [2.05, 4.69) is 0 Å². The highest BCUT2D eigenvalue weighted by Crippen LogP contribution is 2.32. The fourth-order valence-electron chi connectivity index (χ4n) is 1.63. The highest BCUT2D eigenvalue weighted by atomic mass is 16.7. The van der Waals surface area contributed by atoms with Crippen molar-refractivity contribution in [3.63, 3.8) is 0 Å². The molecule has 1 aromatic rings. The molecule has 0 radical (unpaired) electrons. The number of hydrogen-bond donors (Lipinski definition) is 1. The average Bonchev–Trinajstić information content (AvgIpc) is 2.72. The largest absolute Gasteiger partial charge is 0.478 e. The second-order valence-corrected chi connectivity index (χ2v) is 3.67. The van der Waals surface area contributed by atoms with E-state index in [0.29, 0.717) is 24.5 Å². The summed E-state index contributed by atoms with van der Waals surface area (Å²) in [4.78, 5) is 10.8. The van der Waals surface area contributed by atoms with Gasteiger partial charge in [-0.15, -0.1) is 0 Å². The predicted molar refractivity (Wildman–Crippen MR) is 59.3 cm³/mol. The van der Waals surface area contributed by atoms with Crippen LogP contribution in [0.25, 0.3) is 0 Å². The third-order valence-corrected chi connectivity index (χ3v) is 2.50. The van der Waals surface area contributed by atoms with Gasteiger partial charge < -0.3 is 19.3 Å². The number of carboxylic acids is 1. The van der Waals surface area contributed by atoms with Crippen molar-refractivity contribution < 1.29 is 24.1 Å². The number of fused-ring (bicyclic) bond motifs is 1. The van der Waals surface area contributed by atoms with Crippen molar-refractivity contribution >= 4 is 5.97 Å². The van der Waals surface area contributed by atoms with Gasteiger partial charge in [0.05, 0.1) is 0 Å². The first kappa shape index (κ1) is 11.7. The van der Waals surface area contributed by atoms with Crippen molar-refractivity contribution in [2.24, 2.45) is 0 Å². The van der Waals surface area contributed by atoms with E-state index in [1.807, 2.05) is 13.0 Å². The van der Waals surface area contributed by atoms with Crippen LogP contribution in [0.4, 0.5) is 0 Å². The van der Waals surface area contributed by atoms with Gasteiger partial charge in [-0.3, -0.25) is 0 Å². The molecule has 1 atom stereocenters. The maximum atomic E-state index is 10.8. The van der Waals surface area contributed by atoms with Gasteiger partial charge in [0.2, 0.25) is 0 Å². The summed E-state index contributed by atoms with van der Waals surface area (Å²) >= 11 is 0. The Labute approximate surface area is 98.9 Å². The fraction of sp³-hybridized carbons (Fsp3) is 0.417. The SMILES string of the molecule is CCOCOc1ccc2c(c1)OC(C(=O)O)C2. The molecule has 1 aliphatic rings. The summed E-state index contributed by atoms with van der Waals surface area (Å²) in [6.07, 6.45) is -0.386. The number of rotatable bonds is 5. The molecule has 0 spiro atoms. The van der Waals surface area contributed by atoms with Crippen molar-refractivity contribution in [1.82, 2.24) is 0 Å². The van der Waals surface area contributed by atoms with Crippen LogP contribution >= 0.6 is 0 Å². The molecule has 92 valence electrons. The molecule has 1 unspecified atom stereocenters. The minimum absolute atomic E-state index is 0.178. The fourth-order valence-corrected chi connectivity index (χ4v) is 1.63. The van der Waals surface area contributed by atoms with E-state index < -0.39 is 12.1 Å². The Balaban J connectivity index is 2.02. The maximum absolute atomic E-state index is 10.8. The molecule has 0 aliphatic carbocycles. The zero-order valence-corrected chi connectivity index (χ0v) is 9.51. The van der Waals surface area contributed by atoms with E-state index in [0.717, 1.165) is 5.56 Å². The molecule has 1 aliphatic heterocycles. The van der Waals surface area contributed by atoms with E-state index >= 15 is 0 Å². The molecule has 1 aromatic carbocycles. The third-order valence-electron chi connectivity index (χ3n) is 2.50. The zero-order chi connectivity index (χ0) is 12.3. The minimum Gasteiger partial charge on any atom is -0.478 e. The lowest BCUT2D eigenvalue weighted by molar-refractivity contribution is -0.144. The second kappa shape index (κ2) is 5.05. The molecule has 0 aromatic heterocycles. The van der Waals surface area contributed by atoms with Gasteiger partial charge in [0.25, 0.3) is 0 Å². The third kappa shape index (κ3) is 2.68. The normalized spacial score (nSPS) is 17.4. The summed E-state index contributed by atoms with van der Waals surface area (Å²) in [6.45, 7) is 2.65. The van der Waals surface area contributed by atoms with Gasteiger partial charge in [0.15, 0.2) is 12.9 Å². The molecule has 0 saturated carbocycles. The van der Waals surface area contributed by atoms with Crippen LogP contribution in [0.5, 0.6) is 11.5 Å². The standard InChI is InChI=1S/C12H14O5/c1-2-15-7-16-9-4-3-8-5-11(12(13)14)17-10(8)6-9/h3-4,6,11H,2,5,7H2,1H3,(H,13,14). The van der Waals surface area contributed by atoms with Crippen LogP contribution in [0.1, 0.15) is 12.5 Å². The van der Waals surface area contributed by atoms with Crippen LogP contribution in [0.3, 0.4) is 0 Å². The number of ether oxygens (including phenoxy) is 3. The van der Waals surface area contributed by atoms with Crippen LogP contribution < -0.4 is 9.47 Å². The lowest BCUT2D eigenvalue weighted by atomic mass is 10.1. The predicted octanol–water partition coefficient (Wildman–Crippen LogP) is 1.45. The molecule has 5 nitrogen and oxygen atoms in total. The number of hydrogen-bond acceptors (Lipinski definition) is 4. The topological polar surface area (TPSA) is 65.0 Å². The van der Waals surface area contributed by atoms with Crippen molar-refractivity contribution in [3.8, 4) is 11.5 Å². The van der Waals surface area contributed by atoms with Gasteiger partial charge in [-0.25, -0.2) is 4.79 Å². The Kier molecular flexibility index (Phi) is 3.49. The maximum Gasteiger partial charge on any atom is 0.345 e. The van der Waals surface area contributed by atoms with Gasteiger partial charge in [-0.2, -0.15) is 0 Å². The highest BCUT2D eigenvalue weighted by molar-refractivity contribution is 5.74. The zero-order valence-electron chi connectivity index (χ0n) is 9.51. The molecule has 2 rings (SSSR count). The Bertz CT molecular complexity index is 415. The average molecular weight is 238 g/mol. The first-order valence-electron chi connectivity index (χ1n) is 5.43. The second-order valence-electron chi connectivity index (χ2n) is 3.67. The Morgan fingerprint density at radius 2 is 2.41 bits per heavy atom. The molecule has 0 bridgehead atoms. The van der Waals surface area contributed by atoms with E-state index in [4.69, 9.17) is 19.3 Å². The highest BCUT2D eigenvalue weighted by Gasteiger charge is 2.28. The van der Waals surface area contributed by atoms with Crippen molar-refractivity contribution in [2.75, 3.05) is 13.4 Å². The number of aliphatic carboxylic acids is 1. The van der Waals surface area contributed by atoms with Gasteiger partial charge in [-0.1, -0.05) is 6.07 Å². The van der Waals surface area contributed by atoms with Gasteiger partial charge in [-0.05, 0) is 18.6 Å².